The molecule has 1 aromatic carbocycles. The number of halogens is 2. The Morgan fingerprint density at radius 2 is 2.00 bits per heavy atom. The van der Waals surface area contributed by atoms with Gasteiger partial charge in [0.05, 0.1) is 0 Å². The Hall–Kier alpha value is -1.65. The average molecular weight is 295 g/mol. The van der Waals surface area contributed by atoms with Crippen LogP contribution in [-0.2, 0) is 11.3 Å². The maximum atomic E-state index is 12.2. The van der Waals surface area contributed by atoms with Crippen LogP contribution in [0.15, 0.2) is 24.3 Å². The van der Waals surface area contributed by atoms with Gasteiger partial charge < -0.3 is 10.1 Å². The first-order valence-electron chi connectivity index (χ1n) is 7.43. The Bertz CT molecular complexity index is 504. The van der Waals surface area contributed by atoms with Crippen LogP contribution >= 0.6 is 0 Å². The minimum atomic E-state index is -2.81. The van der Waals surface area contributed by atoms with Crippen LogP contribution in [0, 0.1) is 17.8 Å². The SMILES string of the molecule is O=C(NCc1ccc(OC(F)F)cc1)[C@@H]1C[C@H]2CC[C@H]1C2. The highest BCUT2D eigenvalue weighted by Gasteiger charge is 2.42. The lowest BCUT2D eigenvalue weighted by Gasteiger charge is -2.20. The zero-order chi connectivity index (χ0) is 14.8. The van der Waals surface area contributed by atoms with Crippen molar-refractivity contribution in [3.8, 4) is 5.75 Å². The van der Waals surface area contributed by atoms with Crippen molar-refractivity contribution in [2.75, 3.05) is 0 Å². The number of hydrogen-bond acceptors (Lipinski definition) is 2. The third-order valence-electron chi connectivity index (χ3n) is 4.69. The number of carbonyl (C=O) groups is 1. The van der Waals surface area contributed by atoms with Crippen molar-refractivity contribution in [3.05, 3.63) is 29.8 Å². The van der Waals surface area contributed by atoms with Gasteiger partial charge in [-0.05, 0) is 48.8 Å². The molecule has 0 spiro atoms. The molecule has 1 aromatic rings. The molecule has 2 bridgehead atoms. The summed E-state index contributed by atoms with van der Waals surface area (Å²) in [5.41, 5.74) is 0.883. The van der Waals surface area contributed by atoms with E-state index in [4.69, 9.17) is 0 Å². The standard InChI is InChI=1S/C16H19F2NO2/c17-16(18)21-13-5-2-10(3-6-13)9-19-15(20)14-8-11-1-4-12(14)7-11/h2-3,5-6,11-12,14,16H,1,4,7-9H2,(H,19,20)/t11-,12-,14+/m0/s1. The number of fused-ring (bicyclic) bond motifs is 2. The molecular formula is C16H19F2NO2. The Labute approximate surface area is 122 Å². The van der Waals surface area contributed by atoms with E-state index in [1.165, 1.54) is 31.4 Å². The summed E-state index contributed by atoms with van der Waals surface area (Å²) in [6.45, 7) is -2.38. The predicted molar refractivity (Wildman–Crippen MR) is 73.9 cm³/mol. The molecule has 2 saturated carbocycles. The summed E-state index contributed by atoms with van der Waals surface area (Å²) in [6.07, 6.45) is 4.69. The fourth-order valence-electron chi connectivity index (χ4n) is 3.67. The van der Waals surface area contributed by atoms with Gasteiger partial charge >= 0.3 is 6.61 Å². The summed E-state index contributed by atoms with van der Waals surface area (Å²) in [4.78, 5) is 12.2. The van der Waals surface area contributed by atoms with Gasteiger partial charge in [-0.25, -0.2) is 0 Å². The molecule has 114 valence electrons. The topological polar surface area (TPSA) is 38.3 Å². The van der Waals surface area contributed by atoms with E-state index in [-0.39, 0.29) is 17.6 Å². The smallest absolute Gasteiger partial charge is 0.387 e. The number of rotatable bonds is 5. The first-order valence-corrected chi connectivity index (χ1v) is 7.43. The summed E-state index contributed by atoms with van der Waals surface area (Å²) in [6, 6.07) is 6.37. The van der Waals surface area contributed by atoms with E-state index >= 15 is 0 Å². The molecule has 0 aromatic heterocycles. The highest BCUT2D eigenvalue weighted by atomic mass is 19.3. The van der Waals surface area contributed by atoms with E-state index in [0.717, 1.165) is 17.9 Å². The maximum Gasteiger partial charge on any atom is 0.387 e. The van der Waals surface area contributed by atoms with E-state index in [0.29, 0.717) is 12.5 Å². The van der Waals surface area contributed by atoms with Gasteiger partial charge in [-0.15, -0.1) is 0 Å². The van der Waals surface area contributed by atoms with Crippen LogP contribution in [0.3, 0.4) is 0 Å². The van der Waals surface area contributed by atoms with Crippen LogP contribution in [0.1, 0.15) is 31.2 Å². The predicted octanol–water partition coefficient (Wildman–Crippen LogP) is 3.34. The molecule has 21 heavy (non-hydrogen) atoms. The minimum Gasteiger partial charge on any atom is -0.435 e. The zero-order valence-electron chi connectivity index (χ0n) is 11.7. The van der Waals surface area contributed by atoms with Crippen molar-refractivity contribution in [2.24, 2.45) is 17.8 Å². The third kappa shape index (κ3) is 3.34. The van der Waals surface area contributed by atoms with Crippen molar-refractivity contribution < 1.29 is 18.3 Å². The fourth-order valence-corrected chi connectivity index (χ4v) is 3.67. The Kier molecular flexibility index (Phi) is 4.08. The summed E-state index contributed by atoms with van der Waals surface area (Å²) in [5, 5.41) is 2.96. The van der Waals surface area contributed by atoms with Gasteiger partial charge in [0.25, 0.3) is 0 Å². The van der Waals surface area contributed by atoms with Gasteiger partial charge in [0.1, 0.15) is 5.75 Å². The number of hydrogen-bond donors (Lipinski definition) is 1. The summed E-state index contributed by atoms with van der Waals surface area (Å²) < 4.78 is 28.4. The Morgan fingerprint density at radius 1 is 1.24 bits per heavy atom. The van der Waals surface area contributed by atoms with Crippen LogP contribution in [-0.4, -0.2) is 12.5 Å². The molecule has 0 saturated heterocycles. The number of carbonyl (C=O) groups excluding carboxylic acids is 1. The molecule has 0 unspecified atom stereocenters. The summed E-state index contributed by atoms with van der Waals surface area (Å²) >= 11 is 0. The first-order chi connectivity index (χ1) is 10.1. The number of alkyl halides is 2. The van der Waals surface area contributed by atoms with Gasteiger partial charge in [0.2, 0.25) is 5.91 Å². The van der Waals surface area contributed by atoms with Crippen LogP contribution < -0.4 is 10.1 Å². The van der Waals surface area contributed by atoms with Crippen LogP contribution in [0.5, 0.6) is 5.75 Å². The Balaban J connectivity index is 1.49. The van der Waals surface area contributed by atoms with E-state index < -0.39 is 6.61 Å². The zero-order valence-corrected chi connectivity index (χ0v) is 11.7. The molecule has 5 heteroatoms. The van der Waals surface area contributed by atoms with Crippen LogP contribution in [0.2, 0.25) is 0 Å². The molecule has 1 N–H and O–H groups in total. The molecule has 0 heterocycles. The van der Waals surface area contributed by atoms with Crippen molar-refractivity contribution in [1.82, 2.24) is 5.32 Å². The second-order valence-corrected chi connectivity index (χ2v) is 6.02. The van der Waals surface area contributed by atoms with E-state index in [1.54, 1.807) is 12.1 Å². The molecule has 2 aliphatic rings. The fraction of sp³-hybridized carbons (Fsp3) is 0.562. The van der Waals surface area contributed by atoms with Gasteiger partial charge in [-0.2, -0.15) is 8.78 Å². The van der Waals surface area contributed by atoms with Gasteiger partial charge in [-0.1, -0.05) is 18.6 Å². The van der Waals surface area contributed by atoms with E-state index in [1.807, 2.05) is 0 Å². The lowest BCUT2D eigenvalue weighted by atomic mass is 9.88. The van der Waals surface area contributed by atoms with Gasteiger partial charge in [0, 0.05) is 12.5 Å². The third-order valence-corrected chi connectivity index (χ3v) is 4.69. The largest absolute Gasteiger partial charge is 0.435 e. The van der Waals surface area contributed by atoms with Crippen LogP contribution in [0.25, 0.3) is 0 Å². The number of nitrogens with one attached hydrogen (secondary N) is 1. The minimum absolute atomic E-state index is 0.133. The number of ether oxygens (including phenoxy) is 1. The highest BCUT2D eigenvalue weighted by Crippen LogP contribution is 2.48. The lowest BCUT2D eigenvalue weighted by Crippen LogP contribution is -2.33. The van der Waals surface area contributed by atoms with Crippen molar-refractivity contribution in [1.29, 1.82) is 0 Å². The molecule has 0 radical (unpaired) electrons. The molecular weight excluding hydrogens is 276 g/mol. The molecule has 2 fully saturated rings. The van der Waals surface area contributed by atoms with Gasteiger partial charge in [-0.3, -0.25) is 4.79 Å². The van der Waals surface area contributed by atoms with Gasteiger partial charge in [0.15, 0.2) is 0 Å². The van der Waals surface area contributed by atoms with Crippen molar-refractivity contribution in [3.63, 3.8) is 0 Å². The molecule has 3 atom stereocenters. The second kappa shape index (κ2) is 6.00. The monoisotopic (exact) mass is 295 g/mol. The van der Waals surface area contributed by atoms with Crippen LogP contribution in [0.4, 0.5) is 8.78 Å². The second-order valence-electron chi connectivity index (χ2n) is 6.02. The molecule has 0 aliphatic heterocycles. The van der Waals surface area contributed by atoms with Crippen molar-refractivity contribution in [2.45, 2.75) is 38.8 Å². The van der Waals surface area contributed by atoms with E-state index in [2.05, 4.69) is 10.1 Å². The number of amides is 1. The molecule has 3 rings (SSSR count). The molecule has 2 aliphatic carbocycles. The summed E-state index contributed by atoms with van der Waals surface area (Å²) in [7, 11) is 0. The van der Waals surface area contributed by atoms with Crippen molar-refractivity contribution >= 4 is 5.91 Å². The molecule has 3 nitrogen and oxygen atoms in total. The normalized spacial score (nSPS) is 27.1. The maximum absolute atomic E-state index is 12.2. The lowest BCUT2D eigenvalue weighted by molar-refractivity contribution is -0.126. The highest BCUT2D eigenvalue weighted by molar-refractivity contribution is 5.79. The first kappa shape index (κ1) is 14.3. The summed E-state index contributed by atoms with van der Waals surface area (Å²) in [5.74, 6) is 1.75. The number of benzene rings is 1. The van der Waals surface area contributed by atoms with E-state index in [9.17, 15) is 13.6 Å². The quantitative estimate of drug-likeness (QED) is 0.904. The molecule has 1 amide bonds. The average Bonchev–Trinajstić information content (AvgIpc) is 3.08. The Morgan fingerprint density at radius 3 is 2.57 bits per heavy atom.